The summed E-state index contributed by atoms with van der Waals surface area (Å²) >= 11 is 0. The lowest BCUT2D eigenvalue weighted by Gasteiger charge is -2.33. The molecule has 2 atom stereocenters. The van der Waals surface area contributed by atoms with Crippen LogP contribution in [0.4, 0.5) is 0 Å². The van der Waals surface area contributed by atoms with E-state index in [2.05, 4.69) is 23.2 Å². The second-order valence-corrected chi connectivity index (χ2v) is 5.53. The van der Waals surface area contributed by atoms with E-state index in [-0.39, 0.29) is 5.54 Å². The van der Waals surface area contributed by atoms with Gasteiger partial charge in [-0.05, 0) is 66.1 Å². The maximum atomic E-state index is 9.05. The smallest absolute Gasteiger partial charge is 0.103 e. The summed E-state index contributed by atoms with van der Waals surface area (Å²) in [7, 11) is 1.87. The molecule has 0 spiro atoms. The van der Waals surface area contributed by atoms with Crippen molar-refractivity contribution in [2.75, 3.05) is 20.1 Å². The van der Waals surface area contributed by atoms with Gasteiger partial charge in [-0.1, -0.05) is 6.42 Å². The summed E-state index contributed by atoms with van der Waals surface area (Å²) in [5.41, 5.74) is -0.340. The van der Waals surface area contributed by atoms with Gasteiger partial charge in [0.1, 0.15) is 5.54 Å². The van der Waals surface area contributed by atoms with Gasteiger partial charge in [0.2, 0.25) is 0 Å². The Bertz CT molecular complexity index is 259. The molecule has 0 aromatic heterocycles. The van der Waals surface area contributed by atoms with E-state index in [1.54, 1.807) is 0 Å². The van der Waals surface area contributed by atoms with Crippen molar-refractivity contribution in [2.45, 2.75) is 64.0 Å². The fraction of sp³-hybridized carbons (Fsp3) is 0.929. The molecule has 98 valence electrons. The first-order valence-electron chi connectivity index (χ1n) is 6.95. The number of hydrogen-bond acceptors (Lipinski definition) is 3. The van der Waals surface area contributed by atoms with Gasteiger partial charge in [-0.2, -0.15) is 5.26 Å². The van der Waals surface area contributed by atoms with Crippen LogP contribution >= 0.6 is 0 Å². The minimum atomic E-state index is -0.340. The monoisotopic (exact) mass is 237 g/mol. The van der Waals surface area contributed by atoms with Crippen LogP contribution in [0.2, 0.25) is 0 Å². The van der Waals surface area contributed by atoms with E-state index >= 15 is 0 Å². The first kappa shape index (κ1) is 14.5. The van der Waals surface area contributed by atoms with Crippen LogP contribution in [-0.2, 0) is 0 Å². The second kappa shape index (κ2) is 6.98. The van der Waals surface area contributed by atoms with Crippen molar-refractivity contribution in [3.8, 4) is 6.07 Å². The first-order chi connectivity index (χ1) is 8.11. The predicted molar refractivity (Wildman–Crippen MR) is 71.8 cm³/mol. The fourth-order valence-corrected chi connectivity index (χ4v) is 2.52. The molecule has 2 unspecified atom stereocenters. The molecule has 1 rings (SSSR count). The maximum absolute atomic E-state index is 9.05. The molecule has 0 saturated carbocycles. The third kappa shape index (κ3) is 4.65. The van der Waals surface area contributed by atoms with Gasteiger partial charge < -0.3 is 10.2 Å². The molecule has 0 aliphatic carbocycles. The Hall–Kier alpha value is -0.590. The number of rotatable bonds is 6. The highest BCUT2D eigenvalue weighted by molar-refractivity contribution is 5.02. The van der Waals surface area contributed by atoms with Gasteiger partial charge in [0, 0.05) is 6.04 Å². The average molecular weight is 237 g/mol. The van der Waals surface area contributed by atoms with Crippen molar-refractivity contribution in [3.05, 3.63) is 0 Å². The average Bonchev–Trinajstić information content (AvgIpc) is 2.36. The Balaban J connectivity index is 2.17. The standard InChI is InChI=1S/C14H27N3/c1-13-8-4-6-10-17(13)11-7-5-9-14(2,12-15)16-3/h13,16H,4-11H2,1-3H3. The second-order valence-electron chi connectivity index (χ2n) is 5.53. The zero-order valence-electron chi connectivity index (χ0n) is 11.6. The van der Waals surface area contributed by atoms with E-state index in [0.717, 1.165) is 18.9 Å². The Morgan fingerprint density at radius 3 is 2.76 bits per heavy atom. The molecule has 0 radical (unpaired) electrons. The van der Waals surface area contributed by atoms with Gasteiger partial charge in [-0.25, -0.2) is 0 Å². The lowest BCUT2D eigenvalue weighted by Crippen LogP contribution is -2.39. The molecule has 1 aliphatic rings. The molecular formula is C14H27N3. The van der Waals surface area contributed by atoms with Gasteiger partial charge in [-0.3, -0.25) is 0 Å². The zero-order valence-corrected chi connectivity index (χ0v) is 11.6. The van der Waals surface area contributed by atoms with Crippen molar-refractivity contribution < 1.29 is 0 Å². The molecule has 3 nitrogen and oxygen atoms in total. The molecule has 1 aliphatic heterocycles. The Labute approximate surface area is 106 Å². The summed E-state index contributed by atoms with van der Waals surface area (Å²) in [6.07, 6.45) is 7.40. The number of nitrogens with zero attached hydrogens (tertiary/aromatic N) is 2. The Kier molecular flexibility index (Phi) is 5.94. The molecule has 1 saturated heterocycles. The minimum Gasteiger partial charge on any atom is -0.303 e. The topological polar surface area (TPSA) is 39.1 Å². The molecule has 3 heteroatoms. The van der Waals surface area contributed by atoms with Crippen molar-refractivity contribution >= 4 is 0 Å². The van der Waals surface area contributed by atoms with Gasteiger partial charge in [-0.15, -0.1) is 0 Å². The number of unbranched alkanes of at least 4 members (excludes halogenated alkanes) is 1. The van der Waals surface area contributed by atoms with Crippen LogP contribution in [0.1, 0.15) is 52.4 Å². The largest absolute Gasteiger partial charge is 0.303 e. The van der Waals surface area contributed by atoms with Crippen molar-refractivity contribution in [1.82, 2.24) is 10.2 Å². The zero-order chi connectivity index (χ0) is 12.7. The van der Waals surface area contributed by atoms with Crippen LogP contribution in [0.3, 0.4) is 0 Å². The molecule has 0 bridgehead atoms. The molecule has 0 aromatic rings. The van der Waals surface area contributed by atoms with Gasteiger partial charge in [0.05, 0.1) is 6.07 Å². The molecule has 17 heavy (non-hydrogen) atoms. The predicted octanol–water partition coefficient (Wildman–Crippen LogP) is 2.53. The van der Waals surface area contributed by atoms with Crippen LogP contribution in [0.15, 0.2) is 0 Å². The highest BCUT2D eigenvalue weighted by Gasteiger charge is 2.21. The van der Waals surface area contributed by atoms with Crippen LogP contribution in [-0.4, -0.2) is 36.6 Å². The molecule has 1 heterocycles. The van der Waals surface area contributed by atoms with Crippen LogP contribution < -0.4 is 5.32 Å². The molecule has 1 N–H and O–H groups in total. The molecule has 0 aromatic carbocycles. The van der Waals surface area contributed by atoms with E-state index in [9.17, 15) is 0 Å². The SMILES string of the molecule is CNC(C)(C#N)CCCCN1CCCCC1C. The fourth-order valence-electron chi connectivity index (χ4n) is 2.52. The van der Waals surface area contributed by atoms with Crippen molar-refractivity contribution in [3.63, 3.8) is 0 Å². The van der Waals surface area contributed by atoms with E-state index in [4.69, 9.17) is 5.26 Å². The molecular weight excluding hydrogens is 210 g/mol. The highest BCUT2D eigenvalue weighted by Crippen LogP contribution is 2.18. The maximum Gasteiger partial charge on any atom is 0.103 e. The number of nitrogens with one attached hydrogen (secondary N) is 1. The lowest BCUT2D eigenvalue weighted by atomic mass is 9.96. The minimum absolute atomic E-state index is 0.340. The Morgan fingerprint density at radius 2 is 2.18 bits per heavy atom. The Morgan fingerprint density at radius 1 is 1.41 bits per heavy atom. The third-order valence-corrected chi connectivity index (χ3v) is 4.11. The van der Waals surface area contributed by atoms with E-state index in [1.165, 1.54) is 38.8 Å². The summed E-state index contributed by atoms with van der Waals surface area (Å²) in [5, 5.41) is 12.2. The summed E-state index contributed by atoms with van der Waals surface area (Å²) in [6.45, 7) is 6.79. The summed E-state index contributed by atoms with van der Waals surface area (Å²) in [4.78, 5) is 2.60. The summed E-state index contributed by atoms with van der Waals surface area (Å²) in [5.74, 6) is 0. The van der Waals surface area contributed by atoms with Crippen LogP contribution in [0.25, 0.3) is 0 Å². The van der Waals surface area contributed by atoms with E-state index in [1.807, 2.05) is 14.0 Å². The van der Waals surface area contributed by atoms with Gasteiger partial charge in [0.15, 0.2) is 0 Å². The summed E-state index contributed by atoms with van der Waals surface area (Å²) < 4.78 is 0. The number of hydrogen-bond donors (Lipinski definition) is 1. The van der Waals surface area contributed by atoms with Gasteiger partial charge >= 0.3 is 0 Å². The normalized spacial score (nSPS) is 25.2. The van der Waals surface area contributed by atoms with Crippen LogP contribution in [0.5, 0.6) is 0 Å². The number of piperidine rings is 1. The van der Waals surface area contributed by atoms with E-state index in [0.29, 0.717) is 0 Å². The highest BCUT2D eigenvalue weighted by atomic mass is 15.1. The number of likely N-dealkylation sites (tertiary alicyclic amines) is 1. The summed E-state index contributed by atoms with van der Waals surface area (Å²) in [6, 6.07) is 3.11. The molecule has 0 amide bonds. The van der Waals surface area contributed by atoms with Crippen molar-refractivity contribution in [2.24, 2.45) is 0 Å². The van der Waals surface area contributed by atoms with Gasteiger partial charge in [0.25, 0.3) is 0 Å². The van der Waals surface area contributed by atoms with Crippen molar-refractivity contribution in [1.29, 1.82) is 5.26 Å². The van der Waals surface area contributed by atoms with E-state index < -0.39 is 0 Å². The first-order valence-corrected chi connectivity index (χ1v) is 6.95. The van der Waals surface area contributed by atoms with Crippen LogP contribution in [0, 0.1) is 11.3 Å². The molecule has 1 fully saturated rings. The number of nitriles is 1. The lowest BCUT2D eigenvalue weighted by molar-refractivity contribution is 0.157. The quantitative estimate of drug-likeness (QED) is 0.722. The third-order valence-electron chi connectivity index (χ3n) is 4.11.